The predicted molar refractivity (Wildman–Crippen MR) is 40.0 cm³/mol. The number of aliphatic hydroxyl groups excluding tert-OH is 1. The molecule has 0 fully saturated rings. The summed E-state index contributed by atoms with van der Waals surface area (Å²) < 4.78 is 9.60. The second-order valence-corrected chi connectivity index (χ2v) is 5.62. The van der Waals surface area contributed by atoms with Crippen LogP contribution in [-0.4, -0.2) is 25.2 Å². The van der Waals surface area contributed by atoms with Crippen molar-refractivity contribution in [2.24, 2.45) is 0 Å². The van der Waals surface area contributed by atoms with Gasteiger partial charge in [0.05, 0.1) is 0 Å². The summed E-state index contributed by atoms with van der Waals surface area (Å²) in [6.07, 6.45) is 0. The SMILES string of the molecule is COP(=S)(OC)C(C)O. The number of aliphatic hydroxyl groups is 1. The normalized spacial score (nSPS) is 15.6. The summed E-state index contributed by atoms with van der Waals surface area (Å²) in [5.41, 5.74) is 0. The topological polar surface area (TPSA) is 38.7 Å². The lowest BCUT2D eigenvalue weighted by Crippen LogP contribution is -2.04. The van der Waals surface area contributed by atoms with Crippen molar-refractivity contribution in [3.05, 3.63) is 0 Å². The van der Waals surface area contributed by atoms with Crippen LogP contribution >= 0.6 is 6.49 Å². The Bertz CT molecular complexity index is 117. The van der Waals surface area contributed by atoms with Crippen LogP contribution < -0.4 is 0 Å². The molecule has 0 spiro atoms. The second-order valence-electron chi connectivity index (χ2n) is 1.54. The van der Waals surface area contributed by atoms with Crippen molar-refractivity contribution >= 4 is 18.3 Å². The smallest absolute Gasteiger partial charge is 0.216 e. The van der Waals surface area contributed by atoms with E-state index in [1.807, 2.05) is 0 Å². The van der Waals surface area contributed by atoms with Gasteiger partial charge in [-0.15, -0.1) is 0 Å². The maximum atomic E-state index is 8.97. The summed E-state index contributed by atoms with van der Waals surface area (Å²) in [7, 11) is 2.88. The molecule has 0 heterocycles. The van der Waals surface area contributed by atoms with Crippen molar-refractivity contribution in [1.82, 2.24) is 0 Å². The molecule has 1 unspecified atom stereocenters. The molecule has 1 N–H and O–H groups in total. The summed E-state index contributed by atoms with van der Waals surface area (Å²) in [5, 5.41) is 8.97. The third-order valence-corrected chi connectivity index (χ3v) is 4.71. The van der Waals surface area contributed by atoms with Gasteiger partial charge in [-0.1, -0.05) is 0 Å². The van der Waals surface area contributed by atoms with Crippen LogP contribution in [0.15, 0.2) is 0 Å². The Labute approximate surface area is 60.1 Å². The first-order valence-corrected chi connectivity index (χ1v) is 5.17. The molecule has 0 aromatic carbocycles. The molecule has 0 amide bonds. The molecule has 0 rings (SSSR count). The van der Waals surface area contributed by atoms with E-state index in [0.717, 1.165) is 0 Å². The fraction of sp³-hybridized carbons (Fsp3) is 1.00. The third-order valence-electron chi connectivity index (χ3n) is 0.967. The van der Waals surface area contributed by atoms with Gasteiger partial charge in [-0.25, -0.2) is 0 Å². The Hall–Kier alpha value is 0.530. The van der Waals surface area contributed by atoms with Gasteiger partial charge in [0, 0.05) is 14.2 Å². The van der Waals surface area contributed by atoms with Crippen LogP contribution in [0.2, 0.25) is 0 Å². The predicted octanol–water partition coefficient (Wildman–Crippen LogP) is 0.927. The number of rotatable bonds is 3. The molecule has 5 heteroatoms. The van der Waals surface area contributed by atoms with Crippen molar-refractivity contribution in [2.75, 3.05) is 14.2 Å². The van der Waals surface area contributed by atoms with E-state index >= 15 is 0 Å². The van der Waals surface area contributed by atoms with E-state index in [1.54, 1.807) is 6.92 Å². The van der Waals surface area contributed by atoms with Crippen LogP contribution in [0, 0.1) is 0 Å². The van der Waals surface area contributed by atoms with Gasteiger partial charge in [0.2, 0.25) is 6.49 Å². The Balaban J connectivity index is 4.11. The van der Waals surface area contributed by atoms with Gasteiger partial charge in [-0.3, -0.25) is 0 Å². The third kappa shape index (κ3) is 2.32. The van der Waals surface area contributed by atoms with Crippen molar-refractivity contribution < 1.29 is 14.2 Å². The van der Waals surface area contributed by atoms with E-state index < -0.39 is 12.3 Å². The fourth-order valence-corrected chi connectivity index (χ4v) is 1.14. The first-order valence-electron chi connectivity index (χ1n) is 2.46. The van der Waals surface area contributed by atoms with Crippen LogP contribution in [0.25, 0.3) is 0 Å². The Morgan fingerprint density at radius 3 is 1.78 bits per heavy atom. The molecule has 0 aromatic heterocycles. The maximum Gasteiger partial charge on any atom is 0.216 e. The van der Waals surface area contributed by atoms with E-state index in [2.05, 4.69) is 0 Å². The summed E-state index contributed by atoms with van der Waals surface area (Å²) in [4.78, 5) is 0. The van der Waals surface area contributed by atoms with Crippen LogP contribution in [-0.2, 0) is 20.9 Å². The van der Waals surface area contributed by atoms with Crippen LogP contribution in [0.4, 0.5) is 0 Å². The summed E-state index contributed by atoms with van der Waals surface area (Å²) in [6.45, 7) is -0.801. The van der Waals surface area contributed by atoms with E-state index in [-0.39, 0.29) is 0 Å². The van der Waals surface area contributed by atoms with Gasteiger partial charge in [-0.05, 0) is 18.7 Å². The first-order chi connectivity index (χ1) is 4.06. The molecule has 0 aliphatic rings. The molecule has 3 nitrogen and oxygen atoms in total. The molecule has 0 aromatic rings. The zero-order valence-corrected chi connectivity index (χ0v) is 7.41. The summed E-state index contributed by atoms with van der Waals surface area (Å²) >= 11 is 4.84. The molecule has 0 bridgehead atoms. The second kappa shape index (κ2) is 3.64. The molecule has 0 aliphatic heterocycles. The van der Waals surface area contributed by atoms with Gasteiger partial charge in [0.15, 0.2) is 0 Å². The van der Waals surface area contributed by atoms with Crippen LogP contribution in [0.5, 0.6) is 0 Å². The molecule has 0 radical (unpaired) electrons. The summed E-state index contributed by atoms with van der Waals surface area (Å²) in [5.74, 6) is -0.692. The first kappa shape index (κ1) is 9.53. The van der Waals surface area contributed by atoms with Gasteiger partial charge >= 0.3 is 0 Å². The van der Waals surface area contributed by atoms with E-state index in [9.17, 15) is 0 Å². The molecule has 9 heavy (non-hydrogen) atoms. The minimum Gasteiger partial charge on any atom is -0.383 e. The molecule has 0 saturated carbocycles. The van der Waals surface area contributed by atoms with E-state index in [1.165, 1.54) is 14.2 Å². The highest BCUT2D eigenvalue weighted by Gasteiger charge is 2.21. The number of hydrogen-bond donors (Lipinski definition) is 1. The van der Waals surface area contributed by atoms with Crippen molar-refractivity contribution in [2.45, 2.75) is 12.8 Å². The van der Waals surface area contributed by atoms with Crippen molar-refractivity contribution in [3.63, 3.8) is 0 Å². The summed E-state index contributed by atoms with van der Waals surface area (Å²) in [6, 6.07) is 0. The van der Waals surface area contributed by atoms with E-state index in [4.69, 9.17) is 26.0 Å². The fourth-order valence-electron chi connectivity index (χ4n) is 0.380. The highest BCUT2D eigenvalue weighted by Crippen LogP contribution is 2.50. The highest BCUT2D eigenvalue weighted by atomic mass is 32.5. The Kier molecular flexibility index (Phi) is 3.85. The van der Waals surface area contributed by atoms with Crippen LogP contribution in [0.3, 0.4) is 0 Å². The lowest BCUT2D eigenvalue weighted by molar-refractivity contribution is 0.220. The minimum atomic E-state index is -2.36. The van der Waals surface area contributed by atoms with E-state index in [0.29, 0.717) is 0 Å². The monoisotopic (exact) mass is 170 g/mol. The lowest BCUT2D eigenvalue weighted by atomic mass is 10.9. The molecule has 56 valence electrons. The van der Waals surface area contributed by atoms with Gasteiger partial charge in [-0.2, -0.15) is 0 Å². The maximum absolute atomic E-state index is 8.97. The molecule has 1 atom stereocenters. The molecule has 0 saturated heterocycles. The van der Waals surface area contributed by atoms with Crippen molar-refractivity contribution in [3.8, 4) is 0 Å². The zero-order valence-electron chi connectivity index (χ0n) is 5.70. The Morgan fingerprint density at radius 2 is 1.78 bits per heavy atom. The molecular formula is C4H11O3PS. The minimum absolute atomic E-state index is 0.692. The van der Waals surface area contributed by atoms with Crippen molar-refractivity contribution in [1.29, 1.82) is 0 Å². The zero-order chi connectivity index (χ0) is 7.49. The average Bonchev–Trinajstić information content (AvgIpc) is 1.86. The van der Waals surface area contributed by atoms with Crippen LogP contribution in [0.1, 0.15) is 6.92 Å². The average molecular weight is 170 g/mol. The standard InChI is InChI=1S/C4H11O3PS/c1-4(5)8(9,6-2)7-3/h4-5H,1-3H3. The molecular weight excluding hydrogens is 159 g/mol. The van der Waals surface area contributed by atoms with Gasteiger partial charge in [0.1, 0.15) is 5.85 Å². The largest absolute Gasteiger partial charge is 0.383 e. The lowest BCUT2D eigenvalue weighted by Gasteiger charge is -2.19. The number of hydrogen-bond acceptors (Lipinski definition) is 4. The molecule has 0 aliphatic carbocycles. The Morgan fingerprint density at radius 1 is 1.44 bits per heavy atom. The van der Waals surface area contributed by atoms with Gasteiger partial charge in [0.25, 0.3) is 0 Å². The highest BCUT2D eigenvalue weighted by molar-refractivity contribution is 8.10. The quantitative estimate of drug-likeness (QED) is 0.639. The van der Waals surface area contributed by atoms with Gasteiger partial charge < -0.3 is 14.2 Å².